The fourth-order valence-electron chi connectivity index (χ4n) is 4.29. The van der Waals surface area contributed by atoms with Crippen LogP contribution < -0.4 is 0 Å². The van der Waals surface area contributed by atoms with Crippen molar-refractivity contribution in [3.63, 3.8) is 0 Å². The van der Waals surface area contributed by atoms with E-state index in [4.69, 9.17) is 16.6 Å². The molecular weight excluding hydrogens is 430 g/mol. The summed E-state index contributed by atoms with van der Waals surface area (Å²) in [7, 11) is 0. The Kier molecular flexibility index (Phi) is 7.14. The molecule has 3 aromatic carbocycles. The van der Waals surface area contributed by atoms with Crippen molar-refractivity contribution < 1.29 is 10.2 Å². The predicted molar refractivity (Wildman–Crippen MR) is 136 cm³/mol. The van der Waals surface area contributed by atoms with Crippen LogP contribution in [0.2, 0.25) is 5.02 Å². The molecule has 4 heteroatoms. The van der Waals surface area contributed by atoms with E-state index in [1.165, 1.54) is 5.56 Å². The zero-order valence-corrected chi connectivity index (χ0v) is 19.9. The molecule has 0 amide bonds. The van der Waals surface area contributed by atoms with Gasteiger partial charge in [0.2, 0.25) is 0 Å². The Balaban J connectivity index is 1.41. The van der Waals surface area contributed by atoms with Crippen molar-refractivity contribution in [2.75, 3.05) is 0 Å². The van der Waals surface area contributed by atoms with Crippen molar-refractivity contribution in [3.8, 4) is 0 Å². The summed E-state index contributed by atoms with van der Waals surface area (Å²) < 4.78 is 0. The monoisotopic (exact) mass is 459 g/mol. The van der Waals surface area contributed by atoms with E-state index in [9.17, 15) is 10.2 Å². The Labute approximate surface area is 200 Å². The first-order valence-corrected chi connectivity index (χ1v) is 11.8. The largest absolute Gasteiger partial charge is 0.388 e. The quantitative estimate of drug-likeness (QED) is 0.313. The minimum Gasteiger partial charge on any atom is -0.388 e. The lowest BCUT2D eigenvalue weighted by atomic mass is 9.90. The van der Waals surface area contributed by atoms with E-state index in [2.05, 4.69) is 24.3 Å². The molecule has 0 saturated carbocycles. The Morgan fingerprint density at radius 1 is 0.879 bits per heavy atom. The third-order valence-electron chi connectivity index (χ3n) is 6.08. The smallest absolute Gasteiger partial charge is 0.0843 e. The lowest BCUT2D eigenvalue weighted by Crippen LogP contribution is -2.18. The van der Waals surface area contributed by atoms with Crippen molar-refractivity contribution in [2.24, 2.45) is 0 Å². The number of hydrogen-bond donors (Lipinski definition) is 2. The van der Waals surface area contributed by atoms with E-state index < -0.39 is 11.7 Å². The minimum absolute atomic E-state index is 0.555. The molecule has 1 atom stereocenters. The van der Waals surface area contributed by atoms with Gasteiger partial charge in [-0.25, -0.2) is 0 Å². The summed E-state index contributed by atoms with van der Waals surface area (Å²) in [6, 6.07) is 26.0. The fourth-order valence-corrected chi connectivity index (χ4v) is 4.46. The van der Waals surface area contributed by atoms with Crippen LogP contribution in [0.25, 0.3) is 10.9 Å². The molecule has 0 radical (unpaired) electrons. The Bertz CT molecular complexity index is 1250. The molecule has 3 nitrogen and oxygen atoms in total. The van der Waals surface area contributed by atoms with Gasteiger partial charge in [-0.15, -0.1) is 0 Å². The maximum atomic E-state index is 10.8. The number of fused-ring (bicyclic) bond motifs is 1. The average molecular weight is 460 g/mol. The summed E-state index contributed by atoms with van der Waals surface area (Å²) >= 11 is 6.11. The molecule has 0 spiro atoms. The van der Waals surface area contributed by atoms with E-state index in [0.29, 0.717) is 17.9 Å². The topological polar surface area (TPSA) is 53.4 Å². The van der Waals surface area contributed by atoms with Crippen molar-refractivity contribution in [1.82, 2.24) is 4.98 Å². The van der Waals surface area contributed by atoms with Crippen molar-refractivity contribution in [2.45, 2.75) is 51.2 Å². The normalized spacial score (nSPS) is 12.8. The van der Waals surface area contributed by atoms with Crippen LogP contribution in [-0.2, 0) is 24.9 Å². The second-order valence-electron chi connectivity index (χ2n) is 9.16. The highest BCUT2D eigenvalue weighted by atomic mass is 35.5. The molecule has 0 aliphatic heterocycles. The lowest BCUT2D eigenvalue weighted by Gasteiger charge is -2.22. The minimum atomic E-state index is -0.899. The first kappa shape index (κ1) is 23.4. The second kappa shape index (κ2) is 10.0. The highest BCUT2D eigenvalue weighted by Gasteiger charge is 2.20. The summed E-state index contributed by atoms with van der Waals surface area (Å²) in [5.41, 5.74) is 5.12. The fraction of sp³-hybridized carbons (Fsp3) is 0.276. The van der Waals surface area contributed by atoms with Crippen LogP contribution in [0.1, 0.15) is 54.3 Å². The van der Waals surface area contributed by atoms with Crippen LogP contribution in [0.3, 0.4) is 0 Å². The van der Waals surface area contributed by atoms with Gasteiger partial charge in [-0.1, -0.05) is 72.3 Å². The Morgan fingerprint density at radius 3 is 2.48 bits per heavy atom. The van der Waals surface area contributed by atoms with Crippen LogP contribution >= 0.6 is 11.6 Å². The van der Waals surface area contributed by atoms with Gasteiger partial charge in [0.25, 0.3) is 0 Å². The van der Waals surface area contributed by atoms with Gasteiger partial charge >= 0.3 is 0 Å². The number of halogens is 1. The van der Waals surface area contributed by atoms with Gasteiger partial charge in [0.1, 0.15) is 0 Å². The number of pyridine rings is 1. The van der Waals surface area contributed by atoms with Gasteiger partial charge in [-0.3, -0.25) is 4.98 Å². The van der Waals surface area contributed by atoms with Crippen molar-refractivity contribution >= 4 is 22.5 Å². The maximum absolute atomic E-state index is 10.8. The first-order valence-electron chi connectivity index (χ1n) is 11.4. The number of aliphatic hydroxyl groups is 2. The first-order chi connectivity index (χ1) is 15.8. The molecule has 0 bridgehead atoms. The molecule has 33 heavy (non-hydrogen) atoms. The molecular formula is C29H30ClNO2. The van der Waals surface area contributed by atoms with E-state index in [-0.39, 0.29) is 0 Å². The molecule has 0 aliphatic rings. The molecule has 0 saturated heterocycles. The van der Waals surface area contributed by atoms with Crippen molar-refractivity contribution in [1.29, 1.82) is 0 Å². The number of aryl methyl sites for hydroxylation is 3. The SMILES string of the molecule is CC(C)(O)c1ccccc1CC[C@H](O)c1cccc(CCc2ccc3ccc(Cl)cc3n2)c1. The standard InChI is InChI=1S/C29H30ClNO2/c1-29(2,33)26-9-4-3-7-21(26)13-17-28(32)23-8-5-6-20(18-23)10-15-25-16-12-22-11-14-24(30)19-27(22)31-25/h3-9,11-12,14,16,18-19,28,32-33H,10,13,15,17H2,1-2H3/t28-/m0/s1. The molecule has 0 fully saturated rings. The van der Waals surface area contributed by atoms with Gasteiger partial charge in [-0.05, 0) is 80.0 Å². The van der Waals surface area contributed by atoms with Crippen LogP contribution in [0.15, 0.2) is 78.9 Å². The third-order valence-corrected chi connectivity index (χ3v) is 6.32. The van der Waals surface area contributed by atoms with Gasteiger partial charge < -0.3 is 10.2 Å². The number of aliphatic hydroxyl groups excluding tert-OH is 1. The van der Waals surface area contributed by atoms with Crippen LogP contribution in [0, 0.1) is 0 Å². The summed E-state index contributed by atoms with van der Waals surface area (Å²) in [5.74, 6) is 0. The van der Waals surface area contributed by atoms with Gasteiger partial charge in [-0.2, -0.15) is 0 Å². The molecule has 1 aromatic heterocycles. The zero-order valence-electron chi connectivity index (χ0n) is 19.1. The number of rotatable bonds is 8. The second-order valence-corrected chi connectivity index (χ2v) is 9.59. The van der Waals surface area contributed by atoms with Gasteiger partial charge in [0, 0.05) is 16.1 Å². The number of hydrogen-bond acceptors (Lipinski definition) is 3. The molecule has 4 aromatic rings. The van der Waals surface area contributed by atoms with Crippen LogP contribution in [0.4, 0.5) is 0 Å². The molecule has 0 aliphatic carbocycles. The van der Waals surface area contributed by atoms with Crippen molar-refractivity contribution in [3.05, 3.63) is 112 Å². The lowest BCUT2D eigenvalue weighted by molar-refractivity contribution is 0.0772. The highest BCUT2D eigenvalue weighted by Crippen LogP contribution is 2.27. The number of aromatic nitrogens is 1. The van der Waals surface area contributed by atoms with Crippen LogP contribution in [0.5, 0.6) is 0 Å². The summed E-state index contributed by atoms with van der Waals surface area (Å²) in [6.07, 6.45) is 2.42. The predicted octanol–water partition coefficient (Wildman–Crippen LogP) is 6.57. The summed E-state index contributed by atoms with van der Waals surface area (Å²) in [6.45, 7) is 3.59. The molecule has 170 valence electrons. The molecule has 4 rings (SSSR count). The Morgan fingerprint density at radius 2 is 1.67 bits per heavy atom. The number of benzene rings is 3. The summed E-state index contributed by atoms with van der Waals surface area (Å²) in [4.78, 5) is 4.75. The third kappa shape index (κ3) is 6.00. The van der Waals surface area contributed by atoms with Crippen LogP contribution in [-0.4, -0.2) is 15.2 Å². The molecule has 2 N–H and O–H groups in total. The Hall–Kier alpha value is -2.72. The van der Waals surface area contributed by atoms with E-state index in [1.807, 2.05) is 54.6 Å². The highest BCUT2D eigenvalue weighted by molar-refractivity contribution is 6.31. The van der Waals surface area contributed by atoms with E-state index in [0.717, 1.165) is 46.1 Å². The average Bonchev–Trinajstić information content (AvgIpc) is 2.80. The van der Waals surface area contributed by atoms with E-state index >= 15 is 0 Å². The zero-order chi connectivity index (χ0) is 23.4. The summed E-state index contributed by atoms with van der Waals surface area (Å²) in [5, 5.41) is 23.1. The molecule has 0 unspecified atom stereocenters. The van der Waals surface area contributed by atoms with Gasteiger partial charge in [0.15, 0.2) is 0 Å². The molecule has 1 heterocycles. The van der Waals surface area contributed by atoms with Gasteiger partial charge in [0.05, 0.1) is 17.2 Å². The maximum Gasteiger partial charge on any atom is 0.0843 e. The van der Waals surface area contributed by atoms with E-state index in [1.54, 1.807) is 13.8 Å². The number of nitrogens with zero attached hydrogens (tertiary/aromatic N) is 1.